The molecular weight excluding hydrogens is 414 g/mol. The van der Waals surface area contributed by atoms with Crippen molar-refractivity contribution in [2.24, 2.45) is 17.8 Å². The molecule has 3 aliphatic heterocycles. The summed E-state index contributed by atoms with van der Waals surface area (Å²) >= 11 is 0. The molecule has 1 aromatic rings. The molecule has 1 aromatic carbocycles. The first kappa shape index (κ1) is 23.5. The Morgan fingerprint density at radius 3 is 1.93 bits per heavy atom. The molecule has 0 spiro atoms. The van der Waals surface area contributed by atoms with E-state index in [0.717, 1.165) is 23.4 Å². The minimum absolute atomic E-state index is 0.0903. The highest BCUT2D eigenvalue weighted by molar-refractivity contribution is 7.60. The zero-order chi connectivity index (χ0) is 22.1. The van der Waals surface area contributed by atoms with Gasteiger partial charge in [-0.3, -0.25) is 0 Å². The fraction of sp³-hybridized carbons (Fsp3) is 0.778. The van der Waals surface area contributed by atoms with Gasteiger partial charge in [-0.2, -0.15) is 0 Å². The van der Waals surface area contributed by atoms with Gasteiger partial charge in [-0.05, 0) is 76.9 Å². The summed E-state index contributed by atoms with van der Waals surface area (Å²) in [5.41, 5.74) is 4.51. The lowest BCUT2D eigenvalue weighted by atomic mass is 9.72. The molecule has 0 radical (unpaired) electrons. The van der Waals surface area contributed by atoms with Gasteiger partial charge < -0.3 is 0 Å². The molecule has 3 unspecified atom stereocenters. The Kier molecular flexibility index (Phi) is 6.22. The molecule has 1 saturated carbocycles. The van der Waals surface area contributed by atoms with Crippen LogP contribution in [-0.2, 0) is 6.16 Å². The van der Waals surface area contributed by atoms with Gasteiger partial charge in [0.2, 0.25) is 0 Å². The molecule has 0 amide bonds. The van der Waals surface area contributed by atoms with Crippen molar-refractivity contribution in [1.82, 2.24) is 0 Å². The third-order valence-corrected chi connectivity index (χ3v) is 17.4. The first-order chi connectivity index (χ1) is 13.7. The molecule has 3 heteroatoms. The van der Waals surface area contributed by atoms with Gasteiger partial charge in [-0.25, -0.2) is 0 Å². The monoisotopic (exact) mass is 460 g/mol. The van der Waals surface area contributed by atoms with Crippen molar-refractivity contribution < 1.29 is 0 Å². The zero-order valence-corrected chi connectivity index (χ0v) is 24.0. The summed E-state index contributed by atoms with van der Waals surface area (Å²) in [6, 6.07) is 7.90. The second kappa shape index (κ2) is 7.96. The maximum absolute atomic E-state index is 2.76. The van der Waals surface area contributed by atoms with E-state index in [1.54, 1.807) is 42.3 Å². The van der Waals surface area contributed by atoms with Crippen LogP contribution in [-0.4, -0.2) is 30.7 Å². The molecule has 3 atom stereocenters. The fourth-order valence-corrected chi connectivity index (χ4v) is 15.8. The SMILES string of the molecule is CC(C)(C)P(Cc1ccc([Si](C)(C)C)cc1C1C2CC3CC(C2)CP1C3)C(C)(C)C. The van der Waals surface area contributed by atoms with Gasteiger partial charge in [-0.1, -0.05) is 100 Å². The summed E-state index contributed by atoms with van der Waals surface area (Å²) in [6.45, 7) is 22.6. The van der Waals surface area contributed by atoms with Crippen LogP contribution in [0.4, 0.5) is 0 Å². The van der Waals surface area contributed by atoms with Gasteiger partial charge >= 0.3 is 0 Å². The first-order valence-electron chi connectivity index (χ1n) is 12.4. The van der Waals surface area contributed by atoms with E-state index in [9.17, 15) is 0 Å². The molecule has 0 nitrogen and oxygen atoms in total. The van der Waals surface area contributed by atoms with Crippen LogP contribution in [0.2, 0.25) is 19.6 Å². The van der Waals surface area contributed by atoms with Gasteiger partial charge in [0.25, 0.3) is 0 Å². The highest BCUT2D eigenvalue weighted by Gasteiger charge is 2.49. The average molecular weight is 461 g/mol. The topological polar surface area (TPSA) is 0 Å². The van der Waals surface area contributed by atoms with Crippen molar-refractivity contribution >= 4 is 29.1 Å². The molecule has 0 N–H and O–H groups in total. The van der Waals surface area contributed by atoms with E-state index in [1.807, 2.05) is 5.56 Å². The Labute approximate surface area is 190 Å². The lowest BCUT2D eigenvalue weighted by Gasteiger charge is -2.55. The summed E-state index contributed by atoms with van der Waals surface area (Å²) in [7, 11) is -1.16. The van der Waals surface area contributed by atoms with Gasteiger partial charge in [0.15, 0.2) is 0 Å². The Morgan fingerprint density at radius 1 is 0.900 bits per heavy atom. The second-order valence-electron chi connectivity index (χ2n) is 13.7. The van der Waals surface area contributed by atoms with Crippen molar-refractivity contribution in [3.63, 3.8) is 0 Å². The largest absolute Gasteiger partial charge is 0.0982 e. The summed E-state index contributed by atoms with van der Waals surface area (Å²) < 4.78 is 0. The molecule has 5 rings (SSSR count). The summed E-state index contributed by atoms with van der Waals surface area (Å²) in [5.74, 6) is 3.19. The van der Waals surface area contributed by atoms with Crippen LogP contribution in [0.15, 0.2) is 18.2 Å². The summed E-state index contributed by atoms with van der Waals surface area (Å²) in [6.07, 6.45) is 9.17. The molecule has 3 heterocycles. The van der Waals surface area contributed by atoms with Crippen LogP contribution in [0.5, 0.6) is 0 Å². The number of hydrogen-bond acceptors (Lipinski definition) is 0. The average Bonchev–Trinajstić information content (AvgIpc) is 2.56. The third-order valence-electron chi connectivity index (χ3n) is 8.04. The van der Waals surface area contributed by atoms with Gasteiger partial charge in [0.05, 0.1) is 8.07 Å². The lowest BCUT2D eigenvalue weighted by molar-refractivity contribution is 0.186. The minimum Gasteiger partial charge on any atom is -0.0982 e. The number of hydrogen-bond donors (Lipinski definition) is 0. The molecule has 4 bridgehead atoms. The van der Waals surface area contributed by atoms with Crippen molar-refractivity contribution in [2.75, 3.05) is 12.3 Å². The summed E-state index contributed by atoms with van der Waals surface area (Å²) in [5, 5.41) is 2.50. The molecule has 3 saturated heterocycles. The molecule has 168 valence electrons. The van der Waals surface area contributed by atoms with E-state index in [0.29, 0.717) is 10.3 Å². The van der Waals surface area contributed by atoms with E-state index in [1.165, 1.54) is 6.16 Å². The van der Waals surface area contributed by atoms with Crippen LogP contribution < -0.4 is 5.19 Å². The normalized spacial score (nSPS) is 31.6. The van der Waals surface area contributed by atoms with Crippen LogP contribution in [0.3, 0.4) is 0 Å². The van der Waals surface area contributed by atoms with E-state index in [4.69, 9.17) is 0 Å². The van der Waals surface area contributed by atoms with E-state index < -0.39 is 8.07 Å². The Balaban J connectivity index is 1.76. The predicted octanol–water partition coefficient (Wildman–Crippen LogP) is 8.39. The summed E-state index contributed by atoms with van der Waals surface area (Å²) in [4.78, 5) is 0. The van der Waals surface area contributed by atoms with Crippen molar-refractivity contribution in [1.29, 1.82) is 0 Å². The minimum atomic E-state index is -1.29. The Hall–Kier alpha value is 0.297. The Morgan fingerprint density at radius 2 is 1.47 bits per heavy atom. The number of rotatable bonds is 4. The molecule has 0 aromatic heterocycles. The zero-order valence-electron chi connectivity index (χ0n) is 21.2. The standard InChI is InChI=1S/C27H46P2Si/c1-26(2,3)29(27(4,5)6)18-21-10-11-23(30(7,8)9)15-24(21)25-22-13-19-12-20(14-22)17-28(25)16-19/h10-11,15,19-20,22,25H,12-14,16-18H2,1-9H3. The molecule has 4 fully saturated rings. The first-order valence-corrected chi connectivity index (χ1v) is 19.2. The molecule has 30 heavy (non-hydrogen) atoms. The fourth-order valence-electron chi connectivity index (χ4n) is 7.02. The second-order valence-corrected chi connectivity index (χ2v) is 25.1. The molecule has 1 aliphatic carbocycles. The van der Waals surface area contributed by atoms with Crippen molar-refractivity contribution in [3.8, 4) is 0 Å². The third kappa shape index (κ3) is 4.66. The van der Waals surface area contributed by atoms with Gasteiger partial charge in [0.1, 0.15) is 0 Å². The Bertz CT molecular complexity index is 736. The quantitative estimate of drug-likeness (QED) is 0.312. The van der Waals surface area contributed by atoms with E-state index in [-0.39, 0.29) is 15.8 Å². The van der Waals surface area contributed by atoms with Crippen molar-refractivity contribution in [2.45, 2.75) is 103 Å². The maximum Gasteiger partial charge on any atom is 0.0776 e. The van der Waals surface area contributed by atoms with Gasteiger partial charge in [0, 0.05) is 5.66 Å². The van der Waals surface area contributed by atoms with Crippen LogP contribution in [0, 0.1) is 17.8 Å². The maximum atomic E-state index is 2.76. The molecular formula is C27H46P2Si. The van der Waals surface area contributed by atoms with Crippen LogP contribution in [0.1, 0.15) is 77.6 Å². The number of benzene rings is 1. The van der Waals surface area contributed by atoms with E-state index in [2.05, 4.69) is 79.4 Å². The predicted molar refractivity (Wildman–Crippen MR) is 143 cm³/mol. The molecule has 4 aliphatic rings. The van der Waals surface area contributed by atoms with Gasteiger partial charge in [-0.15, -0.1) is 0 Å². The highest BCUT2D eigenvalue weighted by atomic mass is 31.1. The smallest absolute Gasteiger partial charge is 0.0776 e. The van der Waals surface area contributed by atoms with Crippen LogP contribution in [0.25, 0.3) is 0 Å². The van der Waals surface area contributed by atoms with E-state index >= 15 is 0 Å². The lowest BCUT2D eigenvalue weighted by Crippen LogP contribution is -2.42. The highest BCUT2D eigenvalue weighted by Crippen LogP contribution is 2.71. The van der Waals surface area contributed by atoms with Crippen LogP contribution >= 0.6 is 15.8 Å². The van der Waals surface area contributed by atoms with Crippen molar-refractivity contribution in [3.05, 3.63) is 29.3 Å².